The van der Waals surface area contributed by atoms with Gasteiger partial charge in [0.25, 0.3) is 5.91 Å². The number of carbonyl (C=O) groups is 1. The highest BCUT2D eigenvalue weighted by molar-refractivity contribution is 6.01. The van der Waals surface area contributed by atoms with Crippen molar-refractivity contribution in [1.29, 1.82) is 0 Å². The lowest BCUT2D eigenvalue weighted by Crippen LogP contribution is -2.36. The molecule has 0 spiro atoms. The van der Waals surface area contributed by atoms with E-state index >= 15 is 0 Å². The molecule has 4 rings (SSSR count). The number of likely N-dealkylation sites (tertiary alicyclic amines) is 1. The fourth-order valence-electron chi connectivity index (χ4n) is 4.67. The number of fused-ring (bicyclic) bond motifs is 1. The second-order valence-corrected chi connectivity index (χ2v) is 8.45. The maximum absolute atomic E-state index is 13.8. The third-order valence-electron chi connectivity index (χ3n) is 6.36. The largest absolute Gasteiger partial charge is 0.339 e. The molecule has 2 aromatic carbocycles. The number of aromatic nitrogens is 1. The molecule has 4 nitrogen and oxygen atoms in total. The lowest BCUT2D eigenvalue weighted by molar-refractivity contribution is 0.0772. The second kappa shape index (κ2) is 7.30. The van der Waals surface area contributed by atoms with Crippen molar-refractivity contribution in [2.75, 3.05) is 27.2 Å². The zero-order valence-corrected chi connectivity index (χ0v) is 17.7. The van der Waals surface area contributed by atoms with Crippen molar-refractivity contribution in [3.63, 3.8) is 0 Å². The van der Waals surface area contributed by atoms with E-state index in [0.717, 1.165) is 16.5 Å². The first kappa shape index (κ1) is 19.6. The Balaban J connectivity index is 1.69. The Labute approximate surface area is 171 Å². The molecule has 0 unspecified atom stereocenters. The summed E-state index contributed by atoms with van der Waals surface area (Å²) >= 11 is 0. The molecule has 152 valence electrons. The number of rotatable bonds is 3. The number of aryl methyl sites for hydroxylation is 3. The van der Waals surface area contributed by atoms with E-state index < -0.39 is 0 Å². The lowest BCUT2D eigenvalue weighted by atomic mass is 9.93. The van der Waals surface area contributed by atoms with Gasteiger partial charge in [0.1, 0.15) is 11.5 Å². The molecule has 5 heteroatoms. The maximum Gasteiger partial charge on any atom is 0.270 e. The van der Waals surface area contributed by atoms with Crippen LogP contribution >= 0.6 is 0 Å². The molecule has 1 saturated heterocycles. The molecule has 1 amide bonds. The molecule has 0 aliphatic carbocycles. The van der Waals surface area contributed by atoms with Crippen molar-refractivity contribution in [3.05, 3.63) is 70.7 Å². The van der Waals surface area contributed by atoms with E-state index in [0.29, 0.717) is 18.8 Å². The van der Waals surface area contributed by atoms with Crippen molar-refractivity contribution < 1.29 is 9.18 Å². The van der Waals surface area contributed by atoms with Crippen LogP contribution in [0, 0.1) is 19.7 Å². The van der Waals surface area contributed by atoms with E-state index in [9.17, 15) is 9.18 Å². The summed E-state index contributed by atoms with van der Waals surface area (Å²) in [6.45, 7) is 5.36. The van der Waals surface area contributed by atoms with Crippen LogP contribution in [0.1, 0.15) is 33.1 Å². The van der Waals surface area contributed by atoms with Crippen LogP contribution in [0.4, 0.5) is 4.39 Å². The van der Waals surface area contributed by atoms with Gasteiger partial charge in [-0.15, -0.1) is 0 Å². The molecule has 0 N–H and O–H groups in total. The molecule has 0 saturated carbocycles. The molecule has 1 aliphatic heterocycles. The summed E-state index contributed by atoms with van der Waals surface area (Å²) in [5.41, 5.74) is 4.87. The molecule has 3 aromatic rings. The predicted octanol–water partition coefficient (Wildman–Crippen LogP) is 4.10. The van der Waals surface area contributed by atoms with Gasteiger partial charge in [-0.05, 0) is 57.3 Å². The first-order valence-electron chi connectivity index (χ1n) is 10.0. The summed E-state index contributed by atoms with van der Waals surface area (Å²) < 4.78 is 15.7. The van der Waals surface area contributed by atoms with Gasteiger partial charge >= 0.3 is 0 Å². The molecule has 0 bridgehead atoms. The topological polar surface area (TPSA) is 28.5 Å². The first-order valence-corrected chi connectivity index (χ1v) is 10.0. The standard InChI is InChI=1S/C24H28FN3O/c1-15-6-8-17(9-7-15)20-13-28(14-22(20)26(3)4)24(29)23-16(2)19-12-18(25)10-11-21(19)27(23)5/h6-12,20,22H,13-14H2,1-5H3/t20-,22+/m1/s1. The van der Waals surface area contributed by atoms with Gasteiger partial charge in [0.15, 0.2) is 0 Å². The van der Waals surface area contributed by atoms with Crippen LogP contribution < -0.4 is 0 Å². The quantitative estimate of drug-likeness (QED) is 0.670. The zero-order valence-electron chi connectivity index (χ0n) is 17.7. The minimum absolute atomic E-state index is 0.0167. The average molecular weight is 394 g/mol. The van der Waals surface area contributed by atoms with Crippen LogP contribution in [-0.4, -0.2) is 53.5 Å². The van der Waals surface area contributed by atoms with E-state index in [1.807, 2.05) is 23.4 Å². The van der Waals surface area contributed by atoms with Crippen molar-refractivity contribution in [2.24, 2.45) is 7.05 Å². The van der Waals surface area contributed by atoms with Gasteiger partial charge in [-0.2, -0.15) is 0 Å². The Hall–Kier alpha value is -2.66. The van der Waals surface area contributed by atoms with Gasteiger partial charge in [0, 0.05) is 43.0 Å². The smallest absolute Gasteiger partial charge is 0.270 e. The fourth-order valence-corrected chi connectivity index (χ4v) is 4.67. The molecular weight excluding hydrogens is 365 g/mol. The average Bonchev–Trinajstić information content (AvgIpc) is 3.23. The van der Waals surface area contributed by atoms with Crippen molar-refractivity contribution >= 4 is 16.8 Å². The van der Waals surface area contributed by atoms with Gasteiger partial charge in [0.05, 0.1) is 0 Å². The fraction of sp³-hybridized carbons (Fsp3) is 0.375. The van der Waals surface area contributed by atoms with Crippen molar-refractivity contribution in [1.82, 2.24) is 14.4 Å². The number of nitrogens with zero attached hydrogens (tertiary/aromatic N) is 3. The van der Waals surface area contributed by atoms with Crippen LogP contribution in [-0.2, 0) is 7.05 Å². The Morgan fingerprint density at radius 2 is 1.76 bits per heavy atom. The molecule has 1 aliphatic rings. The highest BCUT2D eigenvalue weighted by Gasteiger charge is 2.38. The number of halogens is 1. The highest BCUT2D eigenvalue weighted by Crippen LogP contribution is 2.33. The minimum Gasteiger partial charge on any atom is -0.339 e. The van der Waals surface area contributed by atoms with Gasteiger partial charge in [0.2, 0.25) is 0 Å². The molecule has 2 heterocycles. The molecule has 29 heavy (non-hydrogen) atoms. The molecule has 1 aromatic heterocycles. The summed E-state index contributed by atoms with van der Waals surface area (Å²) in [5, 5.41) is 0.800. The SMILES string of the molecule is Cc1ccc([C@H]2CN(C(=O)c3c(C)c4cc(F)ccc4n3C)C[C@@H]2N(C)C)cc1. The lowest BCUT2D eigenvalue weighted by Gasteiger charge is -2.25. The first-order chi connectivity index (χ1) is 13.8. The second-order valence-electron chi connectivity index (χ2n) is 8.45. The number of hydrogen-bond acceptors (Lipinski definition) is 2. The molecule has 2 atom stereocenters. The van der Waals surface area contributed by atoms with Crippen LogP contribution in [0.15, 0.2) is 42.5 Å². The predicted molar refractivity (Wildman–Crippen MR) is 115 cm³/mol. The Morgan fingerprint density at radius 3 is 2.41 bits per heavy atom. The highest BCUT2D eigenvalue weighted by atomic mass is 19.1. The van der Waals surface area contributed by atoms with Gasteiger partial charge in [-0.3, -0.25) is 4.79 Å². The normalized spacial score (nSPS) is 19.5. The van der Waals surface area contributed by atoms with E-state index in [2.05, 4.69) is 50.2 Å². The van der Waals surface area contributed by atoms with Crippen LogP contribution in [0.25, 0.3) is 10.9 Å². The van der Waals surface area contributed by atoms with Crippen molar-refractivity contribution in [3.8, 4) is 0 Å². The summed E-state index contributed by atoms with van der Waals surface area (Å²) in [6, 6.07) is 13.6. The summed E-state index contributed by atoms with van der Waals surface area (Å²) in [7, 11) is 6.03. The maximum atomic E-state index is 13.8. The van der Waals surface area contributed by atoms with E-state index in [-0.39, 0.29) is 23.7 Å². The number of benzene rings is 2. The van der Waals surface area contributed by atoms with E-state index in [4.69, 9.17) is 0 Å². The summed E-state index contributed by atoms with van der Waals surface area (Å²) in [4.78, 5) is 17.7. The van der Waals surface area contributed by atoms with Gasteiger partial charge in [-0.1, -0.05) is 29.8 Å². The Kier molecular flexibility index (Phi) is 4.95. The molecule has 1 fully saturated rings. The zero-order chi connectivity index (χ0) is 20.9. The number of carbonyl (C=O) groups excluding carboxylic acids is 1. The minimum atomic E-state index is -0.279. The Morgan fingerprint density at radius 1 is 1.07 bits per heavy atom. The molecular formula is C24H28FN3O. The summed E-state index contributed by atoms with van der Waals surface area (Å²) in [6.07, 6.45) is 0. The van der Waals surface area contributed by atoms with Gasteiger partial charge in [-0.25, -0.2) is 4.39 Å². The third kappa shape index (κ3) is 3.33. The van der Waals surface area contributed by atoms with E-state index in [1.165, 1.54) is 23.3 Å². The number of amides is 1. The van der Waals surface area contributed by atoms with E-state index in [1.54, 1.807) is 6.07 Å². The van der Waals surface area contributed by atoms with Crippen LogP contribution in [0.2, 0.25) is 0 Å². The Bertz CT molecular complexity index is 1070. The van der Waals surface area contributed by atoms with Crippen LogP contribution in [0.5, 0.6) is 0 Å². The monoisotopic (exact) mass is 393 g/mol. The summed E-state index contributed by atoms with van der Waals surface area (Å²) in [5.74, 6) is 0.00327. The number of likely N-dealkylation sites (N-methyl/N-ethyl adjacent to an activating group) is 1. The number of hydrogen-bond donors (Lipinski definition) is 0. The molecule has 0 radical (unpaired) electrons. The van der Waals surface area contributed by atoms with Crippen LogP contribution in [0.3, 0.4) is 0 Å². The third-order valence-corrected chi connectivity index (χ3v) is 6.36. The van der Waals surface area contributed by atoms with Gasteiger partial charge < -0.3 is 14.4 Å². The van der Waals surface area contributed by atoms with Crippen molar-refractivity contribution in [2.45, 2.75) is 25.8 Å².